The average molecular weight is 675 g/mol. The van der Waals surface area contributed by atoms with Crippen molar-refractivity contribution in [1.82, 2.24) is 0 Å². The van der Waals surface area contributed by atoms with Crippen LogP contribution in [0.15, 0.2) is 60.8 Å². The number of carboxylic acids is 1. The van der Waals surface area contributed by atoms with Crippen LogP contribution in [-0.2, 0) is 28.6 Å². The second-order valence-electron chi connectivity index (χ2n) is 13.1. The summed E-state index contributed by atoms with van der Waals surface area (Å²) >= 11 is 0. The largest absolute Gasteiger partial charge is 0.477 e. The number of esters is 2. The van der Waals surface area contributed by atoms with Crippen molar-refractivity contribution in [3.63, 3.8) is 0 Å². The molecule has 0 fully saturated rings. The summed E-state index contributed by atoms with van der Waals surface area (Å²) in [6.07, 6.45) is 35.9. The summed E-state index contributed by atoms with van der Waals surface area (Å²) in [7, 11) is 5.47. The average Bonchev–Trinajstić information content (AvgIpc) is 3.03. The number of likely N-dealkylation sites (N-methyl/N-ethyl adjacent to an activating group) is 1. The Kier molecular flexibility index (Phi) is 29.4. The van der Waals surface area contributed by atoms with Crippen LogP contribution >= 0.6 is 0 Å². The Balaban J connectivity index is 4.51. The highest BCUT2D eigenvalue weighted by atomic mass is 16.6. The molecule has 0 aromatic heterocycles. The van der Waals surface area contributed by atoms with Gasteiger partial charge in [-0.15, -0.1) is 0 Å². The molecule has 0 aliphatic rings. The maximum absolute atomic E-state index is 12.5. The molecule has 0 saturated carbocycles. The van der Waals surface area contributed by atoms with Gasteiger partial charge in [0.1, 0.15) is 6.61 Å². The van der Waals surface area contributed by atoms with Gasteiger partial charge >= 0.3 is 17.9 Å². The molecule has 0 amide bonds. The van der Waals surface area contributed by atoms with Crippen molar-refractivity contribution in [2.24, 2.45) is 0 Å². The van der Waals surface area contributed by atoms with Gasteiger partial charge in [0.25, 0.3) is 0 Å². The number of carbonyl (C=O) groups is 3. The van der Waals surface area contributed by atoms with E-state index in [2.05, 4.69) is 56.4 Å². The molecule has 1 N–H and O–H groups in total. The molecule has 274 valence electrons. The predicted molar refractivity (Wildman–Crippen MR) is 197 cm³/mol. The van der Waals surface area contributed by atoms with Gasteiger partial charge in [0.15, 0.2) is 12.1 Å². The maximum atomic E-state index is 12.5. The highest BCUT2D eigenvalue weighted by Gasteiger charge is 2.31. The number of nitrogens with zero attached hydrogens (tertiary/aromatic N) is 1. The van der Waals surface area contributed by atoms with Gasteiger partial charge in [-0.05, 0) is 51.4 Å². The zero-order chi connectivity index (χ0) is 35.7. The zero-order valence-corrected chi connectivity index (χ0v) is 30.9. The van der Waals surface area contributed by atoms with Crippen molar-refractivity contribution >= 4 is 17.9 Å². The van der Waals surface area contributed by atoms with Crippen molar-refractivity contribution in [2.45, 2.75) is 135 Å². The Hall–Kier alpha value is -2.97. The second-order valence-corrected chi connectivity index (χ2v) is 13.1. The molecule has 48 heavy (non-hydrogen) atoms. The Morgan fingerprint density at radius 1 is 0.688 bits per heavy atom. The fourth-order valence-corrected chi connectivity index (χ4v) is 4.85. The van der Waals surface area contributed by atoms with Crippen LogP contribution in [0.5, 0.6) is 0 Å². The van der Waals surface area contributed by atoms with Gasteiger partial charge in [-0.3, -0.25) is 9.59 Å². The van der Waals surface area contributed by atoms with Gasteiger partial charge in [0.2, 0.25) is 0 Å². The molecule has 8 heteroatoms. The van der Waals surface area contributed by atoms with Gasteiger partial charge in [-0.1, -0.05) is 113 Å². The van der Waals surface area contributed by atoms with Crippen LogP contribution in [0.4, 0.5) is 0 Å². The van der Waals surface area contributed by atoms with E-state index in [0.29, 0.717) is 12.8 Å². The fraction of sp³-hybridized carbons (Fsp3) is 0.675. The smallest absolute Gasteiger partial charge is 0.362 e. The van der Waals surface area contributed by atoms with Crippen LogP contribution in [-0.4, -0.2) is 80.6 Å². The van der Waals surface area contributed by atoms with E-state index in [-0.39, 0.29) is 36.7 Å². The van der Waals surface area contributed by atoms with Crippen LogP contribution in [0, 0.1) is 0 Å². The Labute approximate surface area is 292 Å². The number of unbranched alkanes of at least 4 members (excludes halogenated alkanes) is 9. The van der Waals surface area contributed by atoms with Crippen molar-refractivity contribution in [1.29, 1.82) is 0 Å². The molecule has 0 spiro atoms. The minimum Gasteiger partial charge on any atom is -0.477 e. The topological polar surface area (TPSA) is 99.1 Å². The van der Waals surface area contributed by atoms with Crippen LogP contribution in [0.2, 0.25) is 0 Å². The van der Waals surface area contributed by atoms with Gasteiger partial charge in [-0.25, -0.2) is 4.79 Å². The highest BCUT2D eigenvalue weighted by Crippen LogP contribution is 2.11. The molecule has 0 heterocycles. The summed E-state index contributed by atoms with van der Waals surface area (Å²) in [5.41, 5.74) is 0. The lowest BCUT2D eigenvalue weighted by molar-refractivity contribution is -0.887. The summed E-state index contributed by atoms with van der Waals surface area (Å²) in [4.78, 5) is 36.6. The van der Waals surface area contributed by atoms with E-state index >= 15 is 0 Å². The monoisotopic (exact) mass is 674 g/mol. The molecular weight excluding hydrogens is 606 g/mol. The molecular formula is C40H68NO7+. The fourth-order valence-electron chi connectivity index (χ4n) is 4.85. The molecule has 0 aromatic rings. The van der Waals surface area contributed by atoms with E-state index in [1.54, 1.807) is 6.08 Å². The Morgan fingerprint density at radius 3 is 1.88 bits per heavy atom. The van der Waals surface area contributed by atoms with Crippen LogP contribution in [0.25, 0.3) is 0 Å². The third-order valence-corrected chi connectivity index (χ3v) is 7.71. The predicted octanol–water partition coefficient (Wildman–Crippen LogP) is 9.07. The normalized spacial score (nSPS) is 13.8. The molecule has 0 aromatic carbocycles. The number of carbonyl (C=O) groups excluding carboxylic acids is 2. The number of hydrogen-bond acceptors (Lipinski definition) is 6. The summed E-state index contributed by atoms with van der Waals surface area (Å²) in [6, 6.07) is -0.630. The van der Waals surface area contributed by atoms with Crippen molar-refractivity contribution in [3.8, 4) is 0 Å². The molecule has 2 atom stereocenters. The van der Waals surface area contributed by atoms with E-state index < -0.39 is 24.1 Å². The van der Waals surface area contributed by atoms with Crippen molar-refractivity contribution < 1.29 is 38.2 Å². The first-order valence-corrected chi connectivity index (χ1v) is 18.3. The summed E-state index contributed by atoms with van der Waals surface area (Å²) < 4.78 is 17.0. The number of aliphatic carboxylic acids is 1. The van der Waals surface area contributed by atoms with Crippen molar-refractivity contribution in [3.05, 3.63) is 60.8 Å². The van der Waals surface area contributed by atoms with E-state index in [9.17, 15) is 19.5 Å². The zero-order valence-electron chi connectivity index (χ0n) is 30.9. The molecule has 0 saturated heterocycles. The van der Waals surface area contributed by atoms with E-state index in [1.165, 1.54) is 32.1 Å². The minimum absolute atomic E-state index is 0.0185. The summed E-state index contributed by atoms with van der Waals surface area (Å²) in [5.74, 6) is -1.65. The van der Waals surface area contributed by atoms with Crippen LogP contribution in [0.3, 0.4) is 0 Å². The Morgan fingerprint density at radius 2 is 1.27 bits per heavy atom. The van der Waals surface area contributed by atoms with Crippen molar-refractivity contribution in [2.75, 3.05) is 41.0 Å². The van der Waals surface area contributed by atoms with E-state index in [4.69, 9.17) is 14.2 Å². The summed E-state index contributed by atoms with van der Waals surface area (Å²) in [5, 5.41) is 9.56. The standard InChI is InChI=1S/C40H67NO7/c1-6-8-10-12-14-16-17-18-19-20-21-23-24-26-28-30-38(42)47-35-36(34-46-33-32-37(40(44)45)41(3,4)5)48-39(43)31-29-27-25-22-15-13-11-9-7-2/h9,11,14-18,22,27,29,36-37H,6-8,10,12-13,19-21,23-26,28,30-35H2,1-5H3/p+1/b11-9+,16-14+,18-17+,22-15+,29-27+. The number of allylic oxidation sites excluding steroid dienone is 9. The minimum atomic E-state index is -0.893. The third-order valence-electron chi connectivity index (χ3n) is 7.71. The van der Waals surface area contributed by atoms with Gasteiger partial charge in [0.05, 0.1) is 40.8 Å². The molecule has 0 rings (SSSR count). The lowest BCUT2D eigenvalue weighted by Crippen LogP contribution is -2.50. The first-order chi connectivity index (χ1) is 23.1. The lowest BCUT2D eigenvalue weighted by atomic mass is 10.1. The number of hydrogen-bond donors (Lipinski definition) is 1. The second kappa shape index (κ2) is 31.3. The molecule has 0 aliphatic carbocycles. The summed E-state index contributed by atoms with van der Waals surface area (Å²) in [6.45, 7) is 4.43. The van der Waals surface area contributed by atoms with E-state index in [1.807, 2.05) is 33.3 Å². The quantitative estimate of drug-likeness (QED) is 0.0258. The highest BCUT2D eigenvalue weighted by molar-refractivity contribution is 5.72. The molecule has 0 bridgehead atoms. The number of rotatable bonds is 31. The van der Waals surface area contributed by atoms with Gasteiger partial charge in [0, 0.05) is 12.8 Å². The van der Waals surface area contributed by atoms with Gasteiger partial charge in [-0.2, -0.15) is 0 Å². The van der Waals surface area contributed by atoms with E-state index in [0.717, 1.165) is 57.8 Å². The number of carboxylic acid groups (broad SMARTS) is 1. The first kappa shape index (κ1) is 45.0. The maximum Gasteiger partial charge on any atom is 0.362 e. The molecule has 8 nitrogen and oxygen atoms in total. The SMILES string of the molecule is CC/C=C/C/C=C/C/C=C/CC(=O)OC(COCCC(C(=O)O)[N+](C)(C)C)COC(=O)CCCCCCCC/C=C/C=C/CCCCC. The van der Waals surface area contributed by atoms with Gasteiger partial charge < -0.3 is 23.8 Å². The lowest BCUT2D eigenvalue weighted by Gasteiger charge is -2.31. The third kappa shape index (κ3) is 29.2. The van der Waals surface area contributed by atoms with Crippen LogP contribution < -0.4 is 0 Å². The number of ether oxygens (including phenoxy) is 3. The van der Waals surface area contributed by atoms with Crippen LogP contribution in [0.1, 0.15) is 123 Å². The molecule has 0 radical (unpaired) electrons. The molecule has 2 unspecified atom stereocenters. The number of quaternary nitrogens is 1. The Bertz CT molecular complexity index is 975. The first-order valence-electron chi connectivity index (χ1n) is 18.3. The molecule has 0 aliphatic heterocycles.